The molecule has 21 heavy (non-hydrogen) atoms. The summed E-state index contributed by atoms with van der Waals surface area (Å²) < 4.78 is 0. The molecule has 0 aliphatic heterocycles. The molecular weight excluding hydrogens is 296 g/mol. The summed E-state index contributed by atoms with van der Waals surface area (Å²) in [6.45, 7) is 1.99. The maximum absolute atomic E-state index is 11.8. The second-order valence-electron chi connectivity index (χ2n) is 4.21. The molecule has 0 fully saturated rings. The number of aromatic carboxylic acids is 1. The van der Waals surface area contributed by atoms with E-state index in [9.17, 15) is 24.8 Å². The van der Waals surface area contributed by atoms with Gasteiger partial charge in [0, 0.05) is 24.1 Å². The van der Waals surface area contributed by atoms with Crippen LogP contribution in [0.25, 0.3) is 0 Å². The molecule has 0 aromatic heterocycles. The summed E-state index contributed by atoms with van der Waals surface area (Å²) in [5, 5.41) is 22.6. The van der Waals surface area contributed by atoms with Gasteiger partial charge < -0.3 is 10.4 Å². The van der Waals surface area contributed by atoms with Gasteiger partial charge in [-0.1, -0.05) is 13.3 Å². The number of hydrogen-bond acceptors (Lipinski definition) is 5. The van der Waals surface area contributed by atoms with Crippen molar-refractivity contribution in [2.75, 3.05) is 12.8 Å². The predicted octanol–water partition coefficient (Wildman–Crippen LogP) is 2.54. The zero-order valence-corrected chi connectivity index (χ0v) is 12.5. The van der Waals surface area contributed by atoms with Gasteiger partial charge in [0.25, 0.3) is 11.6 Å². The van der Waals surface area contributed by atoms with Crippen LogP contribution in [0.2, 0.25) is 0 Å². The second-order valence-corrected chi connectivity index (χ2v) is 5.35. The van der Waals surface area contributed by atoms with Crippen molar-refractivity contribution >= 4 is 29.3 Å². The summed E-state index contributed by atoms with van der Waals surface area (Å²) >= 11 is 1.21. The van der Waals surface area contributed by atoms with E-state index in [2.05, 4.69) is 5.32 Å². The lowest BCUT2D eigenvalue weighted by atomic mass is 10.1. The summed E-state index contributed by atoms with van der Waals surface area (Å²) in [5.41, 5.74) is -0.683. The van der Waals surface area contributed by atoms with E-state index in [1.807, 2.05) is 6.92 Å². The lowest BCUT2D eigenvalue weighted by Crippen LogP contribution is -2.22. The van der Waals surface area contributed by atoms with Crippen LogP contribution in [-0.4, -0.2) is 34.7 Å². The van der Waals surface area contributed by atoms with Gasteiger partial charge in [-0.3, -0.25) is 14.9 Å². The Morgan fingerprint density at radius 2 is 2.10 bits per heavy atom. The second kappa shape index (κ2) is 7.63. The number of hydrogen-bond donors (Lipinski definition) is 2. The number of rotatable bonds is 7. The van der Waals surface area contributed by atoms with Crippen LogP contribution in [0.4, 0.5) is 5.69 Å². The fraction of sp³-hybridized carbons (Fsp3) is 0.385. The first-order valence-corrected chi connectivity index (χ1v) is 7.31. The van der Waals surface area contributed by atoms with Gasteiger partial charge >= 0.3 is 5.97 Å². The highest BCUT2D eigenvalue weighted by Crippen LogP contribution is 2.31. The van der Waals surface area contributed by atoms with Crippen molar-refractivity contribution < 1.29 is 19.6 Å². The minimum absolute atomic E-state index is 0.193. The van der Waals surface area contributed by atoms with Crippen LogP contribution in [0, 0.1) is 10.1 Å². The number of nitrogens with zero attached hydrogens (tertiary/aromatic N) is 1. The molecule has 0 saturated carbocycles. The number of carbonyl (C=O) groups is 2. The highest BCUT2D eigenvalue weighted by atomic mass is 32.2. The summed E-state index contributed by atoms with van der Waals surface area (Å²) in [7, 11) is 1.34. The minimum atomic E-state index is -1.28. The van der Waals surface area contributed by atoms with E-state index in [1.165, 1.54) is 24.9 Å². The lowest BCUT2D eigenvalue weighted by Gasteiger charge is -2.10. The van der Waals surface area contributed by atoms with E-state index in [0.29, 0.717) is 5.75 Å². The molecule has 1 amide bonds. The number of nitro groups is 1. The number of amides is 1. The van der Waals surface area contributed by atoms with Gasteiger partial charge in [0.05, 0.1) is 16.1 Å². The monoisotopic (exact) mass is 312 g/mol. The third-order valence-electron chi connectivity index (χ3n) is 2.74. The van der Waals surface area contributed by atoms with Gasteiger partial charge in [0.1, 0.15) is 0 Å². The van der Waals surface area contributed by atoms with Crippen LogP contribution in [0.3, 0.4) is 0 Å². The number of nitro benzene ring substituents is 1. The van der Waals surface area contributed by atoms with Crippen molar-refractivity contribution in [3.8, 4) is 0 Å². The number of carboxylic acids is 1. The summed E-state index contributed by atoms with van der Waals surface area (Å²) in [6.07, 6.45) is 1.77. The highest BCUT2D eigenvalue weighted by molar-refractivity contribution is 7.99. The zero-order chi connectivity index (χ0) is 16.0. The van der Waals surface area contributed by atoms with Crippen LogP contribution in [0.5, 0.6) is 0 Å². The van der Waals surface area contributed by atoms with Gasteiger partial charge in [0.15, 0.2) is 0 Å². The van der Waals surface area contributed by atoms with Crippen LogP contribution in [0.1, 0.15) is 40.5 Å². The highest BCUT2D eigenvalue weighted by Gasteiger charge is 2.24. The molecule has 0 bridgehead atoms. The van der Waals surface area contributed by atoms with E-state index < -0.39 is 16.8 Å². The number of carbonyl (C=O) groups excluding carboxylic acids is 1. The molecule has 0 radical (unpaired) electrons. The van der Waals surface area contributed by atoms with Gasteiger partial charge in [-0.15, -0.1) is 11.8 Å². The van der Waals surface area contributed by atoms with E-state index in [4.69, 9.17) is 0 Å². The molecule has 0 aliphatic carbocycles. The minimum Gasteiger partial charge on any atom is -0.478 e. The van der Waals surface area contributed by atoms with Gasteiger partial charge in [-0.05, 0) is 12.2 Å². The first-order chi connectivity index (χ1) is 9.92. The molecule has 8 heteroatoms. The number of nitrogens with one attached hydrogen (secondary N) is 1. The fourth-order valence-corrected chi connectivity index (χ4v) is 2.88. The Bertz CT molecular complexity index is 574. The number of non-ortho nitro benzene ring substituents is 1. The molecule has 1 aromatic carbocycles. The Labute approximate surface area is 125 Å². The quantitative estimate of drug-likeness (QED) is 0.346. The Morgan fingerprint density at radius 1 is 1.43 bits per heavy atom. The molecule has 7 nitrogen and oxygen atoms in total. The number of benzene rings is 1. The molecule has 0 spiro atoms. The average Bonchev–Trinajstić information content (AvgIpc) is 2.45. The van der Waals surface area contributed by atoms with Crippen molar-refractivity contribution in [1.82, 2.24) is 5.32 Å². The Balaban J connectivity index is 3.42. The first-order valence-electron chi connectivity index (χ1n) is 6.33. The first kappa shape index (κ1) is 17.0. The molecule has 0 unspecified atom stereocenters. The van der Waals surface area contributed by atoms with Crippen LogP contribution < -0.4 is 5.32 Å². The molecule has 1 aromatic rings. The van der Waals surface area contributed by atoms with Crippen LogP contribution in [0.15, 0.2) is 17.0 Å². The molecule has 1 rings (SSSR count). The topological polar surface area (TPSA) is 110 Å². The maximum Gasteiger partial charge on any atom is 0.337 e. The smallest absolute Gasteiger partial charge is 0.337 e. The Morgan fingerprint density at radius 3 is 2.57 bits per heavy atom. The van der Waals surface area contributed by atoms with Crippen LogP contribution >= 0.6 is 11.8 Å². The number of thioether (sulfide) groups is 1. The SMILES string of the molecule is CCCCSc1cc([N+](=O)[O-])cc(C(=O)NC)c1C(=O)O. The maximum atomic E-state index is 11.8. The molecule has 0 heterocycles. The molecule has 2 N–H and O–H groups in total. The van der Waals surface area contributed by atoms with E-state index in [1.54, 1.807) is 0 Å². The van der Waals surface area contributed by atoms with Crippen molar-refractivity contribution in [3.63, 3.8) is 0 Å². The van der Waals surface area contributed by atoms with Crippen molar-refractivity contribution in [2.45, 2.75) is 24.7 Å². The predicted molar refractivity (Wildman–Crippen MR) is 79.1 cm³/mol. The van der Waals surface area contributed by atoms with Gasteiger partial charge in [-0.25, -0.2) is 4.79 Å². The van der Waals surface area contributed by atoms with Crippen LogP contribution in [-0.2, 0) is 0 Å². The number of unbranched alkanes of at least 4 members (excludes halogenated alkanes) is 1. The normalized spacial score (nSPS) is 10.2. The molecule has 0 saturated heterocycles. The number of carboxylic acid groups (broad SMARTS) is 1. The summed E-state index contributed by atoms with van der Waals surface area (Å²) in [4.78, 5) is 33.8. The van der Waals surface area contributed by atoms with Crippen molar-refractivity contribution in [3.05, 3.63) is 33.4 Å². The van der Waals surface area contributed by atoms with Crippen molar-refractivity contribution in [2.24, 2.45) is 0 Å². The largest absolute Gasteiger partial charge is 0.478 e. The van der Waals surface area contributed by atoms with E-state index in [0.717, 1.165) is 18.9 Å². The fourth-order valence-electron chi connectivity index (χ4n) is 1.68. The third-order valence-corrected chi connectivity index (χ3v) is 3.86. The van der Waals surface area contributed by atoms with Gasteiger partial charge in [-0.2, -0.15) is 0 Å². The zero-order valence-electron chi connectivity index (χ0n) is 11.7. The standard InChI is InChI=1S/C13H16N2O5S/c1-3-4-5-21-10-7-8(15(19)20)6-9(12(16)14-2)11(10)13(17)18/h6-7H,3-5H2,1-2H3,(H,14,16)(H,17,18). The molecule has 114 valence electrons. The van der Waals surface area contributed by atoms with E-state index in [-0.39, 0.29) is 21.7 Å². The van der Waals surface area contributed by atoms with Crippen molar-refractivity contribution in [1.29, 1.82) is 0 Å². The average molecular weight is 312 g/mol. The Hall–Kier alpha value is -2.09. The molecule has 0 atom stereocenters. The summed E-state index contributed by atoms with van der Waals surface area (Å²) in [5.74, 6) is -1.30. The third kappa shape index (κ3) is 4.19. The summed E-state index contributed by atoms with van der Waals surface area (Å²) in [6, 6.07) is 2.20. The van der Waals surface area contributed by atoms with E-state index >= 15 is 0 Å². The lowest BCUT2D eigenvalue weighted by molar-refractivity contribution is -0.385. The van der Waals surface area contributed by atoms with Gasteiger partial charge in [0.2, 0.25) is 0 Å². The Kier molecular flexibility index (Phi) is 6.16. The molecule has 0 aliphatic rings. The molecular formula is C13H16N2O5S.